The van der Waals surface area contributed by atoms with Crippen LogP contribution in [0.1, 0.15) is 50.4 Å². The van der Waals surface area contributed by atoms with E-state index >= 15 is 0 Å². The number of ether oxygens (including phenoxy) is 1. The number of amides is 2. The number of carbonyl (C=O) groups excluding carboxylic acids is 2. The third-order valence-corrected chi connectivity index (χ3v) is 5.92. The van der Waals surface area contributed by atoms with E-state index in [2.05, 4.69) is 10.0 Å². The fourth-order valence-corrected chi connectivity index (χ4v) is 4.02. The van der Waals surface area contributed by atoms with Gasteiger partial charge in [-0.05, 0) is 57.9 Å². The number of hydrogen-bond donors (Lipinski definition) is 2. The standard InChI is InChI=1S/C20H28N4O5S/c1-20(2,3)29-19(26)23-16-9-13-24(14-10-16)18(25)15-5-7-17(8-6-15)30(27,28)22-12-4-11-21/h5-8,16,22H,4,9-10,12-14H2,1-3H3,(H,23,26). The highest BCUT2D eigenvalue weighted by atomic mass is 32.2. The highest BCUT2D eigenvalue weighted by molar-refractivity contribution is 7.89. The van der Waals surface area contributed by atoms with Crippen molar-refractivity contribution in [1.29, 1.82) is 5.26 Å². The topological polar surface area (TPSA) is 129 Å². The average Bonchev–Trinajstić information content (AvgIpc) is 2.67. The predicted octanol–water partition coefficient (Wildman–Crippen LogP) is 2.01. The van der Waals surface area contributed by atoms with Crippen LogP contribution >= 0.6 is 0 Å². The van der Waals surface area contributed by atoms with Gasteiger partial charge in [0.05, 0.1) is 11.0 Å². The zero-order valence-corrected chi connectivity index (χ0v) is 18.3. The van der Waals surface area contributed by atoms with E-state index in [9.17, 15) is 18.0 Å². The molecule has 2 rings (SSSR count). The molecule has 0 atom stereocenters. The Balaban J connectivity index is 1.89. The number of sulfonamides is 1. The van der Waals surface area contributed by atoms with Crippen LogP contribution in [0.3, 0.4) is 0 Å². The minimum atomic E-state index is -3.71. The number of nitrogens with one attached hydrogen (secondary N) is 2. The predicted molar refractivity (Wildman–Crippen MR) is 110 cm³/mol. The molecule has 1 aliphatic rings. The van der Waals surface area contributed by atoms with Crippen LogP contribution in [-0.2, 0) is 14.8 Å². The van der Waals surface area contributed by atoms with Gasteiger partial charge in [-0.2, -0.15) is 5.26 Å². The van der Waals surface area contributed by atoms with Crippen LogP contribution in [0.15, 0.2) is 29.2 Å². The molecular formula is C20H28N4O5S. The Hall–Kier alpha value is -2.64. The molecule has 0 unspecified atom stereocenters. The Kier molecular flexibility index (Phi) is 7.81. The molecule has 30 heavy (non-hydrogen) atoms. The summed E-state index contributed by atoms with van der Waals surface area (Å²) in [4.78, 5) is 26.3. The van der Waals surface area contributed by atoms with Crippen LogP contribution < -0.4 is 10.0 Å². The summed E-state index contributed by atoms with van der Waals surface area (Å²) in [6, 6.07) is 7.51. The first-order chi connectivity index (χ1) is 14.0. The molecule has 2 amide bonds. The van der Waals surface area contributed by atoms with E-state index < -0.39 is 21.7 Å². The lowest BCUT2D eigenvalue weighted by Gasteiger charge is -2.33. The lowest BCUT2D eigenvalue weighted by Crippen LogP contribution is -2.47. The van der Waals surface area contributed by atoms with Crippen LogP contribution in [0.4, 0.5) is 4.79 Å². The molecule has 0 radical (unpaired) electrons. The highest BCUT2D eigenvalue weighted by Crippen LogP contribution is 2.17. The molecule has 0 aromatic heterocycles. The third-order valence-electron chi connectivity index (χ3n) is 4.44. The highest BCUT2D eigenvalue weighted by Gasteiger charge is 2.26. The van der Waals surface area contributed by atoms with Gasteiger partial charge in [0.2, 0.25) is 10.0 Å². The second kappa shape index (κ2) is 9.91. The fraction of sp³-hybridized carbons (Fsp3) is 0.550. The SMILES string of the molecule is CC(C)(C)OC(=O)NC1CCN(C(=O)c2ccc(S(=O)(=O)NCCC#N)cc2)CC1. The summed E-state index contributed by atoms with van der Waals surface area (Å²) >= 11 is 0. The molecule has 1 aliphatic heterocycles. The smallest absolute Gasteiger partial charge is 0.407 e. The Bertz CT molecular complexity index is 893. The van der Waals surface area contributed by atoms with Gasteiger partial charge >= 0.3 is 6.09 Å². The zero-order chi connectivity index (χ0) is 22.4. The first-order valence-corrected chi connectivity index (χ1v) is 11.3. The minimum Gasteiger partial charge on any atom is -0.444 e. The van der Waals surface area contributed by atoms with Crippen molar-refractivity contribution in [2.45, 2.75) is 56.6 Å². The maximum absolute atomic E-state index is 12.7. The number of carbonyl (C=O) groups is 2. The van der Waals surface area contributed by atoms with Crippen molar-refractivity contribution in [3.63, 3.8) is 0 Å². The summed E-state index contributed by atoms with van der Waals surface area (Å²) in [5.74, 6) is -0.188. The molecule has 1 heterocycles. The van der Waals surface area contributed by atoms with Crippen LogP contribution in [0, 0.1) is 11.3 Å². The molecule has 10 heteroatoms. The van der Waals surface area contributed by atoms with E-state index in [1.54, 1.807) is 25.7 Å². The number of benzene rings is 1. The third kappa shape index (κ3) is 7.00. The van der Waals surface area contributed by atoms with Crippen molar-refractivity contribution in [2.75, 3.05) is 19.6 Å². The van der Waals surface area contributed by atoms with E-state index in [1.807, 2.05) is 6.07 Å². The second-order valence-corrected chi connectivity index (χ2v) is 9.81. The Morgan fingerprint density at radius 1 is 1.20 bits per heavy atom. The van der Waals surface area contributed by atoms with Crippen molar-refractivity contribution < 1.29 is 22.7 Å². The van der Waals surface area contributed by atoms with Gasteiger partial charge in [-0.15, -0.1) is 0 Å². The normalized spacial score (nSPS) is 15.3. The van der Waals surface area contributed by atoms with Crippen molar-refractivity contribution in [3.8, 4) is 6.07 Å². The van der Waals surface area contributed by atoms with Gasteiger partial charge in [0.1, 0.15) is 5.60 Å². The molecule has 1 saturated heterocycles. The molecular weight excluding hydrogens is 408 g/mol. The first-order valence-electron chi connectivity index (χ1n) is 9.77. The zero-order valence-electron chi connectivity index (χ0n) is 17.5. The van der Waals surface area contributed by atoms with Crippen molar-refractivity contribution in [2.24, 2.45) is 0 Å². The van der Waals surface area contributed by atoms with Crippen LogP contribution in [0.2, 0.25) is 0 Å². The molecule has 1 fully saturated rings. The summed E-state index contributed by atoms with van der Waals surface area (Å²) in [6.45, 7) is 6.39. The number of nitrogens with zero attached hydrogens (tertiary/aromatic N) is 2. The number of alkyl carbamates (subject to hydrolysis) is 1. The van der Waals surface area contributed by atoms with Gasteiger partial charge in [0.25, 0.3) is 5.91 Å². The van der Waals surface area contributed by atoms with Crippen molar-refractivity contribution in [3.05, 3.63) is 29.8 Å². The maximum Gasteiger partial charge on any atom is 0.407 e. The van der Waals surface area contributed by atoms with Gasteiger partial charge in [-0.25, -0.2) is 17.9 Å². The van der Waals surface area contributed by atoms with Crippen LogP contribution in [-0.4, -0.2) is 56.6 Å². The quantitative estimate of drug-likeness (QED) is 0.657. The number of piperidine rings is 1. The molecule has 2 N–H and O–H groups in total. The van der Waals surface area contributed by atoms with Crippen molar-refractivity contribution >= 4 is 22.0 Å². The summed E-state index contributed by atoms with van der Waals surface area (Å²) < 4.78 is 31.9. The van der Waals surface area contributed by atoms with Gasteiger partial charge in [-0.3, -0.25) is 4.79 Å². The van der Waals surface area contributed by atoms with E-state index in [1.165, 1.54) is 24.3 Å². The molecule has 0 saturated carbocycles. The maximum atomic E-state index is 12.7. The molecule has 0 aliphatic carbocycles. The van der Waals surface area contributed by atoms with Crippen LogP contribution in [0.25, 0.3) is 0 Å². The lowest BCUT2D eigenvalue weighted by atomic mass is 10.0. The van der Waals surface area contributed by atoms with Gasteiger partial charge < -0.3 is 15.0 Å². The number of rotatable bonds is 6. The Morgan fingerprint density at radius 2 is 1.80 bits per heavy atom. The van der Waals surface area contributed by atoms with E-state index in [0.29, 0.717) is 31.5 Å². The number of nitriles is 1. The van der Waals surface area contributed by atoms with Gasteiger partial charge in [0.15, 0.2) is 0 Å². The lowest BCUT2D eigenvalue weighted by molar-refractivity contribution is 0.0473. The Labute approximate surface area is 177 Å². The first kappa shape index (κ1) is 23.6. The monoisotopic (exact) mass is 436 g/mol. The number of likely N-dealkylation sites (tertiary alicyclic amines) is 1. The van der Waals surface area contributed by atoms with Crippen molar-refractivity contribution in [1.82, 2.24) is 14.9 Å². The summed E-state index contributed by atoms with van der Waals surface area (Å²) in [5, 5.41) is 11.3. The van der Waals surface area contributed by atoms with E-state index in [4.69, 9.17) is 10.00 Å². The van der Waals surface area contributed by atoms with Crippen LogP contribution in [0.5, 0.6) is 0 Å². The summed E-state index contributed by atoms with van der Waals surface area (Å²) in [5.41, 5.74) is -0.171. The summed E-state index contributed by atoms with van der Waals surface area (Å²) in [7, 11) is -3.71. The molecule has 0 spiro atoms. The Morgan fingerprint density at radius 3 is 2.33 bits per heavy atom. The van der Waals surface area contributed by atoms with E-state index in [-0.39, 0.29) is 29.8 Å². The minimum absolute atomic E-state index is 0.0335. The molecule has 1 aromatic carbocycles. The fourth-order valence-electron chi connectivity index (χ4n) is 2.99. The number of hydrogen-bond acceptors (Lipinski definition) is 6. The summed E-state index contributed by atoms with van der Waals surface area (Å²) in [6.07, 6.45) is 0.835. The second-order valence-electron chi connectivity index (χ2n) is 8.04. The molecule has 0 bridgehead atoms. The van der Waals surface area contributed by atoms with Gasteiger partial charge in [0, 0.05) is 37.7 Å². The van der Waals surface area contributed by atoms with E-state index in [0.717, 1.165) is 0 Å². The molecule has 9 nitrogen and oxygen atoms in total. The van der Waals surface area contributed by atoms with Gasteiger partial charge in [-0.1, -0.05) is 0 Å². The molecule has 1 aromatic rings. The molecule has 164 valence electrons. The average molecular weight is 437 g/mol. The largest absolute Gasteiger partial charge is 0.444 e.